The predicted molar refractivity (Wildman–Crippen MR) is 72.0 cm³/mol. The Morgan fingerprint density at radius 3 is 2.82 bits per heavy atom. The van der Waals surface area contributed by atoms with Gasteiger partial charge in [0.2, 0.25) is 0 Å². The van der Waals surface area contributed by atoms with Gasteiger partial charge in [0.15, 0.2) is 0 Å². The molecule has 0 saturated carbocycles. The molecule has 1 heterocycles. The number of nitrogens with one attached hydrogen (secondary N) is 1. The van der Waals surface area contributed by atoms with Crippen molar-refractivity contribution in [3.63, 3.8) is 0 Å². The number of benzene rings is 1. The summed E-state index contributed by atoms with van der Waals surface area (Å²) in [6.07, 6.45) is 2.05. The summed E-state index contributed by atoms with van der Waals surface area (Å²) >= 11 is 11.9. The molecular weight excluding hydrogens is 257 g/mol. The first-order valence-electron chi connectivity index (χ1n) is 5.93. The van der Waals surface area contributed by atoms with E-state index in [1.54, 1.807) is 0 Å². The summed E-state index contributed by atoms with van der Waals surface area (Å²) in [6, 6.07) is 6.71. The van der Waals surface area contributed by atoms with E-state index in [0.29, 0.717) is 22.1 Å². The van der Waals surface area contributed by atoms with Crippen LogP contribution >= 0.6 is 23.2 Å². The summed E-state index contributed by atoms with van der Waals surface area (Å²) in [5, 5.41) is 4.77. The quantitative estimate of drug-likeness (QED) is 0.913. The molecule has 0 spiro atoms. The Morgan fingerprint density at radius 1 is 1.29 bits per heavy atom. The van der Waals surface area contributed by atoms with Gasteiger partial charge >= 0.3 is 0 Å². The second-order valence-corrected chi connectivity index (χ2v) is 5.40. The molecule has 0 aliphatic carbocycles. The number of halogens is 2. The number of ether oxygens (including phenoxy) is 1. The van der Waals surface area contributed by atoms with Crippen LogP contribution < -0.4 is 5.32 Å². The van der Waals surface area contributed by atoms with Crippen molar-refractivity contribution < 1.29 is 4.74 Å². The van der Waals surface area contributed by atoms with Crippen LogP contribution in [0.4, 0.5) is 0 Å². The summed E-state index contributed by atoms with van der Waals surface area (Å²) in [5.41, 5.74) is 1.22. The van der Waals surface area contributed by atoms with Gasteiger partial charge in [-0.05, 0) is 37.5 Å². The van der Waals surface area contributed by atoms with Crippen molar-refractivity contribution in [3.8, 4) is 0 Å². The molecule has 1 fully saturated rings. The molecule has 1 aliphatic heterocycles. The van der Waals surface area contributed by atoms with E-state index in [-0.39, 0.29) is 0 Å². The van der Waals surface area contributed by atoms with Crippen molar-refractivity contribution in [3.05, 3.63) is 33.8 Å². The van der Waals surface area contributed by atoms with Crippen molar-refractivity contribution >= 4 is 23.2 Å². The van der Waals surface area contributed by atoms with Crippen LogP contribution in [0.5, 0.6) is 0 Å². The van der Waals surface area contributed by atoms with E-state index < -0.39 is 0 Å². The Kier molecular flexibility index (Phi) is 4.69. The average molecular weight is 274 g/mol. The van der Waals surface area contributed by atoms with Crippen LogP contribution in [0.3, 0.4) is 0 Å². The zero-order valence-electron chi connectivity index (χ0n) is 9.88. The average Bonchev–Trinajstić information content (AvgIpc) is 2.31. The highest BCUT2D eigenvalue weighted by Gasteiger charge is 2.17. The molecule has 1 saturated heterocycles. The molecule has 0 bridgehead atoms. The van der Waals surface area contributed by atoms with Crippen molar-refractivity contribution in [1.29, 1.82) is 0 Å². The van der Waals surface area contributed by atoms with Crippen LogP contribution in [0, 0.1) is 0 Å². The number of rotatable bonds is 3. The molecule has 2 rings (SSSR count). The van der Waals surface area contributed by atoms with Crippen LogP contribution in [-0.4, -0.2) is 25.3 Å². The molecule has 1 aromatic rings. The lowest BCUT2D eigenvalue weighted by Gasteiger charge is -2.29. The Labute approximate surface area is 112 Å². The molecular formula is C13H17Cl2NO. The van der Waals surface area contributed by atoms with E-state index in [4.69, 9.17) is 27.9 Å². The first-order valence-corrected chi connectivity index (χ1v) is 6.68. The van der Waals surface area contributed by atoms with Gasteiger partial charge in [-0.1, -0.05) is 29.3 Å². The second kappa shape index (κ2) is 6.05. The summed E-state index contributed by atoms with van der Waals surface area (Å²) in [5.74, 6) is 0. The summed E-state index contributed by atoms with van der Waals surface area (Å²) in [6.45, 7) is 3.75. The molecule has 2 atom stereocenters. The van der Waals surface area contributed by atoms with E-state index in [9.17, 15) is 0 Å². The zero-order chi connectivity index (χ0) is 12.3. The van der Waals surface area contributed by atoms with E-state index in [1.165, 1.54) is 5.56 Å². The van der Waals surface area contributed by atoms with Crippen LogP contribution in [0.1, 0.15) is 18.9 Å². The highest BCUT2D eigenvalue weighted by molar-refractivity contribution is 6.42. The Balaban J connectivity index is 1.86. The van der Waals surface area contributed by atoms with Gasteiger partial charge in [0.25, 0.3) is 0 Å². The Bertz CT molecular complexity index is 384. The molecule has 2 unspecified atom stereocenters. The molecule has 2 nitrogen and oxygen atoms in total. The molecule has 0 amide bonds. The van der Waals surface area contributed by atoms with Crippen molar-refractivity contribution in [2.24, 2.45) is 0 Å². The van der Waals surface area contributed by atoms with Gasteiger partial charge < -0.3 is 10.1 Å². The maximum atomic E-state index is 5.99. The maximum absolute atomic E-state index is 5.99. The number of hydrogen-bond acceptors (Lipinski definition) is 2. The van der Waals surface area contributed by atoms with Gasteiger partial charge in [0.1, 0.15) is 0 Å². The van der Waals surface area contributed by atoms with Gasteiger partial charge in [-0.3, -0.25) is 0 Å². The van der Waals surface area contributed by atoms with Crippen molar-refractivity contribution in [1.82, 2.24) is 5.32 Å². The summed E-state index contributed by atoms with van der Waals surface area (Å²) in [7, 11) is 0. The van der Waals surface area contributed by atoms with Gasteiger partial charge in [-0.2, -0.15) is 0 Å². The van der Waals surface area contributed by atoms with Crippen LogP contribution in [0.25, 0.3) is 0 Å². The van der Waals surface area contributed by atoms with Crippen molar-refractivity contribution in [2.45, 2.75) is 31.8 Å². The lowest BCUT2D eigenvalue weighted by atomic mass is 10.0. The lowest BCUT2D eigenvalue weighted by molar-refractivity contribution is 0.0483. The molecule has 94 valence electrons. The third kappa shape index (κ3) is 3.85. The fourth-order valence-electron chi connectivity index (χ4n) is 2.09. The van der Waals surface area contributed by atoms with E-state index in [0.717, 1.165) is 26.1 Å². The molecule has 4 heteroatoms. The summed E-state index contributed by atoms with van der Waals surface area (Å²) < 4.78 is 5.52. The van der Waals surface area contributed by atoms with Gasteiger partial charge in [0, 0.05) is 12.1 Å². The van der Waals surface area contributed by atoms with Gasteiger partial charge in [0.05, 0.1) is 23.3 Å². The monoisotopic (exact) mass is 273 g/mol. The zero-order valence-corrected chi connectivity index (χ0v) is 11.4. The standard InChI is InChI=1S/C13H17Cl2NO/c1-9-7-17-8-11(16-9)4-2-10-3-5-12(14)13(15)6-10/h3,5-6,9,11,16H,2,4,7-8H2,1H3. The molecule has 0 radical (unpaired) electrons. The molecule has 0 aromatic heterocycles. The molecule has 1 aromatic carbocycles. The molecule has 1 N–H and O–H groups in total. The van der Waals surface area contributed by atoms with Gasteiger partial charge in [-0.25, -0.2) is 0 Å². The number of aryl methyl sites for hydroxylation is 1. The Hall–Kier alpha value is -0.280. The van der Waals surface area contributed by atoms with E-state index in [1.807, 2.05) is 18.2 Å². The van der Waals surface area contributed by atoms with Gasteiger partial charge in [-0.15, -0.1) is 0 Å². The minimum absolute atomic E-state index is 0.438. The first-order chi connectivity index (χ1) is 8.15. The fraction of sp³-hybridized carbons (Fsp3) is 0.538. The topological polar surface area (TPSA) is 21.3 Å². The minimum Gasteiger partial charge on any atom is -0.378 e. The SMILES string of the molecule is CC1COCC(CCc2ccc(Cl)c(Cl)c2)N1. The first kappa shape index (κ1) is 13.2. The lowest BCUT2D eigenvalue weighted by Crippen LogP contribution is -2.47. The van der Waals surface area contributed by atoms with Crippen LogP contribution in [0.15, 0.2) is 18.2 Å². The number of morpholine rings is 1. The predicted octanol–water partition coefficient (Wildman–Crippen LogP) is 3.30. The minimum atomic E-state index is 0.438. The van der Waals surface area contributed by atoms with Crippen LogP contribution in [0.2, 0.25) is 10.0 Å². The van der Waals surface area contributed by atoms with Crippen molar-refractivity contribution in [2.75, 3.05) is 13.2 Å². The number of hydrogen-bond donors (Lipinski definition) is 1. The summed E-state index contributed by atoms with van der Waals surface area (Å²) in [4.78, 5) is 0. The highest BCUT2D eigenvalue weighted by Crippen LogP contribution is 2.23. The third-order valence-electron chi connectivity index (χ3n) is 2.97. The largest absolute Gasteiger partial charge is 0.378 e. The van der Waals surface area contributed by atoms with E-state index >= 15 is 0 Å². The second-order valence-electron chi connectivity index (χ2n) is 4.59. The maximum Gasteiger partial charge on any atom is 0.0620 e. The van der Waals surface area contributed by atoms with Crippen LogP contribution in [-0.2, 0) is 11.2 Å². The third-order valence-corrected chi connectivity index (χ3v) is 3.71. The highest BCUT2D eigenvalue weighted by atomic mass is 35.5. The fourth-order valence-corrected chi connectivity index (χ4v) is 2.41. The normalized spacial score (nSPS) is 24.9. The Morgan fingerprint density at radius 2 is 2.12 bits per heavy atom. The molecule has 1 aliphatic rings. The molecule has 17 heavy (non-hydrogen) atoms. The van der Waals surface area contributed by atoms with E-state index in [2.05, 4.69) is 12.2 Å². The smallest absolute Gasteiger partial charge is 0.0620 e.